The molecule has 3 aliphatic rings. The zero-order valence-electron chi connectivity index (χ0n) is 20.5. The summed E-state index contributed by atoms with van der Waals surface area (Å²) in [5.41, 5.74) is 1.82. The maximum atomic E-state index is 14.3. The van der Waals surface area contributed by atoms with Crippen molar-refractivity contribution in [1.29, 1.82) is 0 Å². The first-order valence-electron chi connectivity index (χ1n) is 12.4. The first kappa shape index (κ1) is 22.5. The molecule has 0 N–H and O–H groups in total. The van der Waals surface area contributed by atoms with Gasteiger partial charge in [0.1, 0.15) is 5.75 Å². The van der Waals surface area contributed by atoms with E-state index in [9.17, 15) is 14.4 Å². The molecule has 1 saturated carbocycles. The summed E-state index contributed by atoms with van der Waals surface area (Å²) in [6.45, 7) is 6.16. The van der Waals surface area contributed by atoms with Gasteiger partial charge in [0.15, 0.2) is 5.78 Å². The van der Waals surface area contributed by atoms with Crippen LogP contribution in [-0.2, 0) is 14.4 Å². The fourth-order valence-corrected chi connectivity index (χ4v) is 6.92. The molecule has 180 valence electrons. The summed E-state index contributed by atoms with van der Waals surface area (Å²) in [6, 6.07) is 26.6. The van der Waals surface area contributed by atoms with Crippen molar-refractivity contribution in [3.63, 3.8) is 0 Å². The van der Waals surface area contributed by atoms with Crippen LogP contribution >= 0.6 is 0 Å². The molecular formula is C31H27NO4. The van der Waals surface area contributed by atoms with Gasteiger partial charge in [-0.2, -0.15) is 0 Å². The molecule has 3 aromatic carbocycles. The van der Waals surface area contributed by atoms with Gasteiger partial charge in [-0.1, -0.05) is 60.7 Å². The third-order valence-electron chi connectivity index (χ3n) is 8.31. The van der Waals surface area contributed by atoms with Gasteiger partial charge in [-0.25, -0.2) is 4.90 Å². The lowest BCUT2D eigenvalue weighted by Gasteiger charge is -2.35. The third-order valence-corrected chi connectivity index (χ3v) is 8.31. The number of Topliss-reactive ketones (excluding diaryl/α,β-unsaturated/α-hetero) is 1. The zero-order chi connectivity index (χ0) is 25.2. The van der Waals surface area contributed by atoms with Gasteiger partial charge < -0.3 is 4.74 Å². The van der Waals surface area contributed by atoms with Crippen LogP contribution in [0.25, 0.3) is 11.1 Å². The number of fused-ring (bicyclic) bond motifs is 5. The van der Waals surface area contributed by atoms with E-state index in [1.165, 1.54) is 4.90 Å². The molecule has 2 bridgehead atoms. The molecular weight excluding hydrogens is 450 g/mol. The van der Waals surface area contributed by atoms with Crippen LogP contribution in [0.2, 0.25) is 0 Å². The van der Waals surface area contributed by atoms with Gasteiger partial charge in [0.05, 0.1) is 35.0 Å². The first-order chi connectivity index (χ1) is 17.3. The fourth-order valence-electron chi connectivity index (χ4n) is 6.92. The Balaban J connectivity index is 1.55. The van der Waals surface area contributed by atoms with E-state index in [1.807, 2.05) is 81.4 Å². The van der Waals surface area contributed by atoms with Crippen molar-refractivity contribution >= 4 is 34.4 Å². The number of hydrogen-bond donors (Lipinski definition) is 0. The lowest BCUT2D eigenvalue weighted by Crippen LogP contribution is -2.40. The number of amides is 2. The normalized spacial score (nSPS) is 28.8. The van der Waals surface area contributed by atoms with Crippen molar-refractivity contribution in [2.24, 2.45) is 22.7 Å². The number of anilines is 1. The predicted molar refractivity (Wildman–Crippen MR) is 138 cm³/mol. The molecule has 36 heavy (non-hydrogen) atoms. The number of benzene rings is 3. The minimum absolute atomic E-state index is 0.0456. The van der Waals surface area contributed by atoms with Gasteiger partial charge in [-0.15, -0.1) is 0 Å². The minimum Gasteiger partial charge on any atom is -0.494 e. The van der Waals surface area contributed by atoms with E-state index < -0.39 is 22.7 Å². The van der Waals surface area contributed by atoms with Crippen molar-refractivity contribution in [2.75, 3.05) is 11.5 Å². The molecule has 4 unspecified atom stereocenters. The molecule has 3 aromatic rings. The standard InChI is InChI=1S/C31H27NO4/c1-4-36-22-17-15-21(16-18-22)32-27(33)25-26(28(32)34)31(3)24(20-13-9-6-10-14-20)23(30(25,2)29(31)35)19-11-7-5-8-12-19/h5-18,25-26H,4H2,1-3H3. The molecule has 0 radical (unpaired) electrons. The highest BCUT2D eigenvalue weighted by Crippen LogP contribution is 2.73. The van der Waals surface area contributed by atoms with Crippen LogP contribution in [0.3, 0.4) is 0 Å². The predicted octanol–water partition coefficient (Wildman–Crippen LogP) is 5.41. The molecule has 1 aliphatic heterocycles. The number of hydrogen-bond acceptors (Lipinski definition) is 4. The highest BCUT2D eigenvalue weighted by Gasteiger charge is 2.78. The fraction of sp³-hybridized carbons (Fsp3) is 0.258. The Kier molecular flexibility index (Phi) is 4.84. The lowest BCUT2D eigenvalue weighted by molar-refractivity contribution is -0.133. The van der Waals surface area contributed by atoms with Crippen LogP contribution in [0, 0.1) is 22.7 Å². The van der Waals surface area contributed by atoms with Gasteiger partial charge in [0.25, 0.3) is 0 Å². The molecule has 5 nitrogen and oxygen atoms in total. The second-order valence-corrected chi connectivity index (χ2v) is 10.1. The summed E-state index contributed by atoms with van der Waals surface area (Å²) in [6.07, 6.45) is 0. The second kappa shape index (κ2) is 7.76. The molecule has 0 spiro atoms. The maximum Gasteiger partial charge on any atom is 0.239 e. The van der Waals surface area contributed by atoms with E-state index in [4.69, 9.17) is 4.74 Å². The molecule has 5 heteroatoms. The topological polar surface area (TPSA) is 63.7 Å². The van der Waals surface area contributed by atoms with Crippen LogP contribution in [0.15, 0.2) is 84.9 Å². The van der Waals surface area contributed by atoms with Gasteiger partial charge in [-0.3, -0.25) is 14.4 Å². The minimum atomic E-state index is -1.11. The number of ketones is 1. The van der Waals surface area contributed by atoms with Crippen LogP contribution < -0.4 is 9.64 Å². The van der Waals surface area contributed by atoms with Crippen molar-refractivity contribution < 1.29 is 19.1 Å². The average molecular weight is 478 g/mol. The van der Waals surface area contributed by atoms with Crippen LogP contribution in [0.4, 0.5) is 5.69 Å². The summed E-state index contributed by atoms with van der Waals surface area (Å²) in [5.74, 6) is -1.50. The van der Waals surface area contributed by atoms with Crippen molar-refractivity contribution in [2.45, 2.75) is 20.8 Å². The Hall–Kier alpha value is -3.99. The number of allylic oxidation sites excluding steroid dienone is 2. The van der Waals surface area contributed by atoms with E-state index in [0.29, 0.717) is 18.0 Å². The van der Waals surface area contributed by atoms with E-state index in [1.54, 1.807) is 24.3 Å². The summed E-state index contributed by atoms with van der Waals surface area (Å²) in [4.78, 5) is 43.6. The zero-order valence-corrected chi connectivity index (χ0v) is 20.5. The maximum absolute atomic E-state index is 14.3. The quantitative estimate of drug-likeness (QED) is 0.461. The molecule has 1 heterocycles. The summed E-state index contributed by atoms with van der Waals surface area (Å²) < 4.78 is 5.53. The van der Waals surface area contributed by atoms with E-state index >= 15 is 0 Å². The number of ether oxygens (including phenoxy) is 1. The molecule has 6 rings (SSSR count). The Labute approximate surface area is 210 Å². The third kappa shape index (κ3) is 2.68. The van der Waals surface area contributed by atoms with Crippen molar-refractivity contribution in [3.8, 4) is 5.75 Å². The summed E-state index contributed by atoms with van der Waals surface area (Å²) in [5, 5.41) is 0. The number of rotatable bonds is 5. The summed E-state index contributed by atoms with van der Waals surface area (Å²) in [7, 11) is 0. The van der Waals surface area contributed by atoms with Crippen LogP contribution in [0.1, 0.15) is 31.9 Å². The number of carbonyl (C=O) groups is 3. The Morgan fingerprint density at radius 2 is 1.14 bits per heavy atom. The largest absolute Gasteiger partial charge is 0.494 e. The van der Waals surface area contributed by atoms with E-state index in [2.05, 4.69) is 0 Å². The van der Waals surface area contributed by atoms with E-state index in [0.717, 1.165) is 22.3 Å². The number of carbonyl (C=O) groups excluding carboxylic acids is 3. The SMILES string of the molecule is CCOc1ccc(N2C(=O)C3C(C2=O)C2(C)C(=O)C3(C)C(c3ccccc3)=C2c2ccccc2)cc1. The Morgan fingerprint density at radius 3 is 1.56 bits per heavy atom. The average Bonchev–Trinajstić information content (AvgIpc) is 3.35. The van der Waals surface area contributed by atoms with Crippen molar-refractivity contribution in [1.82, 2.24) is 0 Å². The molecule has 2 aliphatic carbocycles. The second-order valence-electron chi connectivity index (χ2n) is 10.1. The molecule has 4 atom stereocenters. The van der Waals surface area contributed by atoms with Gasteiger partial charge >= 0.3 is 0 Å². The highest BCUT2D eigenvalue weighted by atomic mass is 16.5. The first-order valence-corrected chi connectivity index (χ1v) is 12.4. The van der Waals surface area contributed by atoms with Crippen LogP contribution in [-0.4, -0.2) is 24.2 Å². The Bertz CT molecular complexity index is 1340. The molecule has 0 aromatic heterocycles. The summed E-state index contributed by atoms with van der Waals surface area (Å²) >= 11 is 0. The van der Waals surface area contributed by atoms with Gasteiger partial charge in [0, 0.05) is 0 Å². The molecule has 2 amide bonds. The smallest absolute Gasteiger partial charge is 0.239 e. The molecule has 1 saturated heterocycles. The number of nitrogens with zero attached hydrogens (tertiary/aromatic N) is 1. The van der Waals surface area contributed by atoms with Gasteiger partial charge in [-0.05, 0) is 67.3 Å². The Morgan fingerprint density at radius 1 is 0.694 bits per heavy atom. The lowest BCUT2D eigenvalue weighted by atomic mass is 9.63. The van der Waals surface area contributed by atoms with Crippen molar-refractivity contribution in [3.05, 3.63) is 96.1 Å². The monoisotopic (exact) mass is 477 g/mol. The number of imide groups is 1. The van der Waals surface area contributed by atoms with Crippen LogP contribution in [0.5, 0.6) is 5.75 Å². The molecule has 2 fully saturated rings. The highest BCUT2D eigenvalue weighted by molar-refractivity contribution is 6.34. The van der Waals surface area contributed by atoms with Gasteiger partial charge in [0.2, 0.25) is 11.8 Å². The van der Waals surface area contributed by atoms with E-state index in [-0.39, 0.29) is 17.6 Å².